The van der Waals surface area contributed by atoms with Crippen LogP contribution in [0.1, 0.15) is 29.2 Å². The number of benzene rings is 1. The van der Waals surface area contributed by atoms with E-state index in [9.17, 15) is 9.59 Å². The van der Waals surface area contributed by atoms with E-state index in [1.807, 2.05) is 12.1 Å². The molecule has 2 aromatic heterocycles. The molecular weight excluding hydrogens is 342 g/mol. The Kier molecular flexibility index (Phi) is 3.93. The zero-order valence-electron chi connectivity index (χ0n) is 13.3. The zero-order chi connectivity index (χ0) is 17.4. The van der Waals surface area contributed by atoms with Crippen LogP contribution in [0.25, 0.3) is 10.9 Å². The Hall–Kier alpha value is -2.80. The van der Waals surface area contributed by atoms with Gasteiger partial charge in [0.1, 0.15) is 0 Å². The minimum absolute atomic E-state index is 0.0631. The van der Waals surface area contributed by atoms with E-state index in [-0.39, 0.29) is 17.9 Å². The first-order chi connectivity index (χ1) is 12.1. The summed E-state index contributed by atoms with van der Waals surface area (Å²) < 4.78 is 1.78. The number of aromatic nitrogens is 3. The number of hydrogen-bond donors (Lipinski definition) is 3. The van der Waals surface area contributed by atoms with Crippen LogP contribution in [0.2, 0.25) is 5.02 Å². The maximum Gasteiger partial charge on any atom is 0.257 e. The second-order valence-corrected chi connectivity index (χ2v) is 6.43. The third-order valence-electron chi connectivity index (χ3n) is 4.37. The third-order valence-corrected chi connectivity index (χ3v) is 4.69. The van der Waals surface area contributed by atoms with Crippen LogP contribution in [-0.2, 0) is 4.79 Å². The lowest BCUT2D eigenvalue weighted by atomic mass is 10.1. The first-order valence-corrected chi connectivity index (χ1v) is 8.37. The molecule has 0 spiro atoms. The van der Waals surface area contributed by atoms with Gasteiger partial charge in [0.2, 0.25) is 5.91 Å². The molecule has 0 aliphatic carbocycles. The highest BCUT2D eigenvalue weighted by molar-refractivity contribution is 6.37. The number of piperidine rings is 1. The number of fused-ring (bicyclic) bond motifs is 1. The monoisotopic (exact) mass is 357 g/mol. The first kappa shape index (κ1) is 15.7. The molecule has 1 unspecified atom stereocenters. The highest BCUT2D eigenvalue weighted by Gasteiger charge is 2.21. The summed E-state index contributed by atoms with van der Waals surface area (Å²) in [6.07, 6.45) is 6.24. The lowest BCUT2D eigenvalue weighted by molar-refractivity contribution is -0.122. The van der Waals surface area contributed by atoms with Crippen LogP contribution in [0.5, 0.6) is 0 Å². The second kappa shape index (κ2) is 6.25. The van der Waals surface area contributed by atoms with Gasteiger partial charge in [-0.3, -0.25) is 14.3 Å². The number of amides is 2. The van der Waals surface area contributed by atoms with Crippen molar-refractivity contribution in [3.8, 4) is 0 Å². The van der Waals surface area contributed by atoms with Gasteiger partial charge in [-0.2, -0.15) is 5.10 Å². The molecule has 2 amide bonds. The summed E-state index contributed by atoms with van der Waals surface area (Å²) in [6.45, 7) is 0.548. The lowest BCUT2D eigenvalue weighted by Gasteiger charge is -2.22. The predicted octanol–water partition coefficient (Wildman–Crippen LogP) is 2.72. The first-order valence-electron chi connectivity index (χ1n) is 7.99. The van der Waals surface area contributed by atoms with Crippen molar-refractivity contribution in [3.05, 3.63) is 47.4 Å². The summed E-state index contributed by atoms with van der Waals surface area (Å²) >= 11 is 6.22. The van der Waals surface area contributed by atoms with Gasteiger partial charge in [-0.25, -0.2) is 0 Å². The standard InChI is InChI=1S/C17H16ClN5O2/c18-13-2-1-3-14-16(13)12(8-19-14)17(25)22-10-6-21-23(9-10)11-4-5-15(24)20-7-11/h1-3,6,8-9,11,19H,4-5,7H2,(H,20,24)(H,22,25). The van der Waals surface area contributed by atoms with E-state index < -0.39 is 0 Å². The number of carbonyl (C=O) groups is 2. The molecule has 128 valence electrons. The third kappa shape index (κ3) is 2.98. The van der Waals surface area contributed by atoms with E-state index in [0.29, 0.717) is 34.6 Å². The van der Waals surface area contributed by atoms with Gasteiger partial charge in [-0.1, -0.05) is 17.7 Å². The van der Waals surface area contributed by atoms with Gasteiger partial charge in [-0.05, 0) is 18.6 Å². The highest BCUT2D eigenvalue weighted by Crippen LogP contribution is 2.27. The average Bonchev–Trinajstić information content (AvgIpc) is 3.23. The van der Waals surface area contributed by atoms with E-state index in [1.165, 1.54) is 0 Å². The van der Waals surface area contributed by atoms with E-state index in [0.717, 1.165) is 11.9 Å². The van der Waals surface area contributed by atoms with Crippen molar-refractivity contribution in [3.63, 3.8) is 0 Å². The summed E-state index contributed by atoms with van der Waals surface area (Å²) in [5.74, 6) is -0.191. The van der Waals surface area contributed by atoms with Crippen LogP contribution in [-0.4, -0.2) is 33.1 Å². The molecule has 1 fully saturated rings. The number of aromatic amines is 1. The SMILES string of the molecule is O=C1CCC(n2cc(NC(=O)c3c[nH]c4cccc(Cl)c34)cn2)CN1. The smallest absolute Gasteiger partial charge is 0.257 e. The molecule has 1 saturated heterocycles. The molecule has 3 aromatic rings. The molecule has 1 atom stereocenters. The van der Waals surface area contributed by atoms with Crippen LogP contribution in [0, 0.1) is 0 Å². The second-order valence-electron chi connectivity index (χ2n) is 6.02. The van der Waals surface area contributed by atoms with Crippen molar-refractivity contribution < 1.29 is 9.59 Å². The van der Waals surface area contributed by atoms with E-state index in [4.69, 9.17) is 11.6 Å². The number of carbonyl (C=O) groups excluding carboxylic acids is 2. The topological polar surface area (TPSA) is 91.8 Å². The molecule has 0 radical (unpaired) electrons. The summed E-state index contributed by atoms with van der Waals surface area (Å²) in [5.41, 5.74) is 1.90. The molecule has 1 aromatic carbocycles. The molecule has 25 heavy (non-hydrogen) atoms. The fourth-order valence-corrected chi connectivity index (χ4v) is 3.34. The van der Waals surface area contributed by atoms with Gasteiger partial charge in [0.05, 0.1) is 28.5 Å². The van der Waals surface area contributed by atoms with Gasteiger partial charge in [0, 0.05) is 36.3 Å². The predicted molar refractivity (Wildman–Crippen MR) is 94.8 cm³/mol. The molecular formula is C17H16ClN5O2. The van der Waals surface area contributed by atoms with Crippen LogP contribution in [0.3, 0.4) is 0 Å². The van der Waals surface area contributed by atoms with Crippen molar-refractivity contribution in [2.75, 3.05) is 11.9 Å². The van der Waals surface area contributed by atoms with Crippen molar-refractivity contribution in [2.45, 2.75) is 18.9 Å². The normalized spacial score (nSPS) is 17.5. The number of hydrogen-bond acceptors (Lipinski definition) is 3. The largest absolute Gasteiger partial charge is 0.360 e. The van der Waals surface area contributed by atoms with Crippen LogP contribution in [0.4, 0.5) is 5.69 Å². The van der Waals surface area contributed by atoms with Gasteiger partial charge < -0.3 is 15.6 Å². The Morgan fingerprint density at radius 1 is 1.40 bits per heavy atom. The molecule has 3 heterocycles. The minimum Gasteiger partial charge on any atom is -0.360 e. The molecule has 8 heteroatoms. The summed E-state index contributed by atoms with van der Waals surface area (Å²) in [5, 5.41) is 11.2. The lowest BCUT2D eigenvalue weighted by Crippen LogP contribution is -2.36. The van der Waals surface area contributed by atoms with Crippen molar-refractivity contribution in [1.82, 2.24) is 20.1 Å². The molecule has 7 nitrogen and oxygen atoms in total. The molecule has 1 aliphatic rings. The fraction of sp³-hybridized carbons (Fsp3) is 0.235. The molecule has 1 aliphatic heterocycles. The van der Waals surface area contributed by atoms with Gasteiger partial charge in [0.15, 0.2) is 0 Å². The van der Waals surface area contributed by atoms with Gasteiger partial charge in [0.25, 0.3) is 5.91 Å². The number of halogens is 1. The number of H-pyrrole nitrogens is 1. The van der Waals surface area contributed by atoms with E-state index in [2.05, 4.69) is 20.7 Å². The van der Waals surface area contributed by atoms with Crippen LogP contribution >= 0.6 is 11.6 Å². The number of anilines is 1. The van der Waals surface area contributed by atoms with Gasteiger partial charge in [-0.15, -0.1) is 0 Å². The van der Waals surface area contributed by atoms with Crippen molar-refractivity contribution >= 4 is 40.0 Å². The Morgan fingerprint density at radius 2 is 2.28 bits per heavy atom. The Bertz CT molecular complexity index is 951. The van der Waals surface area contributed by atoms with Crippen molar-refractivity contribution in [2.24, 2.45) is 0 Å². The van der Waals surface area contributed by atoms with E-state index in [1.54, 1.807) is 29.3 Å². The highest BCUT2D eigenvalue weighted by atomic mass is 35.5. The van der Waals surface area contributed by atoms with E-state index >= 15 is 0 Å². The van der Waals surface area contributed by atoms with Crippen LogP contribution in [0.15, 0.2) is 36.8 Å². The average molecular weight is 358 g/mol. The number of nitrogens with zero attached hydrogens (tertiary/aromatic N) is 2. The molecule has 0 saturated carbocycles. The number of nitrogens with one attached hydrogen (secondary N) is 3. The number of rotatable bonds is 3. The summed E-state index contributed by atoms with van der Waals surface area (Å²) in [6, 6.07) is 5.55. The maximum absolute atomic E-state index is 12.6. The Labute approximate surface area is 148 Å². The fourth-order valence-electron chi connectivity index (χ4n) is 3.07. The molecule has 0 bridgehead atoms. The van der Waals surface area contributed by atoms with Crippen LogP contribution < -0.4 is 10.6 Å². The minimum atomic E-state index is -0.254. The summed E-state index contributed by atoms with van der Waals surface area (Å²) in [7, 11) is 0. The van der Waals surface area contributed by atoms with Gasteiger partial charge >= 0.3 is 0 Å². The quantitative estimate of drug-likeness (QED) is 0.673. The zero-order valence-corrected chi connectivity index (χ0v) is 14.0. The molecule has 4 rings (SSSR count). The van der Waals surface area contributed by atoms with Crippen molar-refractivity contribution in [1.29, 1.82) is 0 Å². The Morgan fingerprint density at radius 3 is 3.08 bits per heavy atom. The Balaban J connectivity index is 1.52. The maximum atomic E-state index is 12.6. The summed E-state index contributed by atoms with van der Waals surface area (Å²) in [4.78, 5) is 26.9. The molecule has 3 N–H and O–H groups in total.